The SMILES string of the molecule is CCCn1c(N(C)CC(F)(F)F)n[nH]c1=S. The molecule has 0 saturated carbocycles. The lowest BCUT2D eigenvalue weighted by Gasteiger charge is -2.19. The van der Waals surface area contributed by atoms with Gasteiger partial charge in [-0.25, -0.2) is 5.10 Å². The molecule has 1 rings (SSSR count). The van der Waals surface area contributed by atoms with Crippen LogP contribution in [0.4, 0.5) is 19.1 Å². The Balaban J connectivity index is 2.91. The first-order valence-corrected chi connectivity index (χ1v) is 5.19. The van der Waals surface area contributed by atoms with Gasteiger partial charge in [0.2, 0.25) is 5.95 Å². The summed E-state index contributed by atoms with van der Waals surface area (Å²) in [6.07, 6.45) is -3.47. The monoisotopic (exact) mass is 254 g/mol. The van der Waals surface area contributed by atoms with E-state index in [0.29, 0.717) is 11.3 Å². The smallest absolute Gasteiger partial charge is 0.335 e. The van der Waals surface area contributed by atoms with Gasteiger partial charge in [0, 0.05) is 13.6 Å². The lowest BCUT2D eigenvalue weighted by atomic mass is 10.5. The Morgan fingerprint density at radius 2 is 2.12 bits per heavy atom. The van der Waals surface area contributed by atoms with E-state index in [9.17, 15) is 13.2 Å². The molecule has 0 bridgehead atoms. The maximum atomic E-state index is 12.2. The number of anilines is 1. The molecular formula is C8H13F3N4S. The normalized spacial score (nSPS) is 11.8. The largest absolute Gasteiger partial charge is 0.406 e. The van der Waals surface area contributed by atoms with Crippen molar-refractivity contribution in [2.45, 2.75) is 26.1 Å². The van der Waals surface area contributed by atoms with Crippen molar-refractivity contribution in [3.63, 3.8) is 0 Å². The van der Waals surface area contributed by atoms with E-state index in [2.05, 4.69) is 10.2 Å². The third-order valence-corrected chi connectivity index (χ3v) is 2.25. The van der Waals surface area contributed by atoms with E-state index in [-0.39, 0.29) is 5.95 Å². The first-order valence-electron chi connectivity index (χ1n) is 4.78. The first-order chi connectivity index (χ1) is 7.35. The Morgan fingerprint density at radius 1 is 1.50 bits per heavy atom. The molecule has 0 fully saturated rings. The maximum Gasteiger partial charge on any atom is 0.406 e. The molecule has 1 N–H and O–H groups in total. The highest BCUT2D eigenvalue weighted by Crippen LogP contribution is 2.19. The standard InChI is InChI=1S/C8H13F3N4S/c1-3-4-15-6(12-13-7(15)16)14(2)5-8(9,10)11/h3-5H2,1-2H3,(H,13,16). The van der Waals surface area contributed by atoms with E-state index in [0.717, 1.165) is 11.3 Å². The fourth-order valence-electron chi connectivity index (χ4n) is 1.37. The lowest BCUT2D eigenvalue weighted by Crippen LogP contribution is -2.32. The molecule has 1 aromatic heterocycles. The summed E-state index contributed by atoms with van der Waals surface area (Å²) in [6.45, 7) is 1.42. The number of hydrogen-bond acceptors (Lipinski definition) is 3. The average Bonchev–Trinajstić information content (AvgIpc) is 2.46. The maximum absolute atomic E-state index is 12.2. The van der Waals surface area contributed by atoms with Crippen molar-refractivity contribution in [3.8, 4) is 0 Å². The van der Waals surface area contributed by atoms with Crippen LogP contribution >= 0.6 is 12.2 Å². The molecule has 1 heterocycles. The molecule has 0 aliphatic heterocycles. The van der Waals surface area contributed by atoms with Crippen LogP contribution in [0, 0.1) is 4.77 Å². The molecule has 0 saturated heterocycles. The second-order valence-electron chi connectivity index (χ2n) is 3.45. The van der Waals surface area contributed by atoms with Gasteiger partial charge in [-0.2, -0.15) is 13.2 Å². The molecule has 0 aliphatic carbocycles. The van der Waals surface area contributed by atoms with Crippen LogP contribution in [0.1, 0.15) is 13.3 Å². The number of aromatic amines is 1. The third kappa shape index (κ3) is 3.22. The van der Waals surface area contributed by atoms with E-state index >= 15 is 0 Å². The highest BCUT2D eigenvalue weighted by Gasteiger charge is 2.30. The molecule has 16 heavy (non-hydrogen) atoms. The van der Waals surface area contributed by atoms with Gasteiger partial charge in [0.15, 0.2) is 4.77 Å². The molecular weight excluding hydrogens is 241 g/mol. The summed E-state index contributed by atoms with van der Waals surface area (Å²) < 4.78 is 38.5. The number of nitrogens with one attached hydrogen (secondary N) is 1. The minimum absolute atomic E-state index is 0.212. The zero-order chi connectivity index (χ0) is 12.3. The van der Waals surface area contributed by atoms with Gasteiger partial charge in [-0.05, 0) is 18.6 Å². The molecule has 92 valence electrons. The molecule has 0 aromatic carbocycles. The lowest BCUT2D eigenvalue weighted by molar-refractivity contribution is -0.119. The zero-order valence-corrected chi connectivity index (χ0v) is 9.82. The molecule has 0 amide bonds. The number of aromatic nitrogens is 3. The average molecular weight is 254 g/mol. The number of halogens is 3. The van der Waals surface area contributed by atoms with Crippen molar-refractivity contribution < 1.29 is 13.2 Å². The summed E-state index contributed by atoms with van der Waals surface area (Å²) >= 11 is 4.94. The van der Waals surface area contributed by atoms with Gasteiger partial charge in [-0.3, -0.25) is 4.57 Å². The van der Waals surface area contributed by atoms with Crippen molar-refractivity contribution in [1.82, 2.24) is 14.8 Å². The predicted molar refractivity (Wildman–Crippen MR) is 57.0 cm³/mol. The zero-order valence-electron chi connectivity index (χ0n) is 9.01. The van der Waals surface area contributed by atoms with Crippen molar-refractivity contribution in [2.75, 3.05) is 18.5 Å². The Kier molecular flexibility index (Phi) is 3.95. The van der Waals surface area contributed by atoms with Gasteiger partial charge in [0.1, 0.15) is 6.54 Å². The number of rotatable bonds is 4. The molecule has 0 spiro atoms. The summed E-state index contributed by atoms with van der Waals surface area (Å²) in [5.74, 6) is 0.212. The minimum atomic E-state index is -4.25. The second kappa shape index (κ2) is 4.86. The Labute approximate surface area is 96.1 Å². The second-order valence-corrected chi connectivity index (χ2v) is 3.84. The van der Waals surface area contributed by atoms with E-state index in [1.54, 1.807) is 4.57 Å². The number of hydrogen-bond donors (Lipinski definition) is 1. The van der Waals surface area contributed by atoms with E-state index < -0.39 is 12.7 Å². The number of H-pyrrole nitrogens is 1. The number of alkyl halides is 3. The van der Waals surface area contributed by atoms with Crippen LogP contribution in [0.5, 0.6) is 0 Å². The molecule has 0 radical (unpaired) electrons. The van der Waals surface area contributed by atoms with Gasteiger partial charge < -0.3 is 4.90 Å². The summed E-state index contributed by atoms with van der Waals surface area (Å²) in [5.41, 5.74) is 0. The van der Waals surface area contributed by atoms with Crippen LogP contribution < -0.4 is 4.90 Å². The summed E-state index contributed by atoms with van der Waals surface area (Å²) in [7, 11) is 1.34. The first kappa shape index (κ1) is 13.0. The van der Waals surface area contributed by atoms with Crippen LogP contribution in [0.2, 0.25) is 0 Å². The van der Waals surface area contributed by atoms with Gasteiger partial charge in [-0.15, -0.1) is 5.10 Å². The van der Waals surface area contributed by atoms with Crippen LogP contribution in [-0.4, -0.2) is 34.5 Å². The Bertz CT molecular complexity index is 395. The predicted octanol–water partition coefficient (Wildman–Crippen LogP) is 2.35. The molecule has 0 unspecified atom stereocenters. The van der Waals surface area contributed by atoms with Gasteiger partial charge in [-0.1, -0.05) is 6.92 Å². The highest BCUT2D eigenvalue weighted by atomic mass is 32.1. The van der Waals surface area contributed by atoms with E-state index in [1.807, 2.05) is 6.92 Å². The fourth-order valence-corrected chi connectivity index (χ4v) is 1.58. The van der Waals surface area contributed by atoms with Crippen LogP contribution in [0.25, 0.3) is 0 Å². The summed E-state index contributed by atoms with van der Waals surface area (Å²) in [6, 6.07) is 0. The van der Waals surface area contributed by atoms with E-state index in [4.69, 9.17) is 12.2 Å². The fraction of sp³-hybridized carbons (Fsp3) is 0.750. The summed E-state index contributed by atoms with van der Waals surface area (Å²) in [5, 5.41) is 6.29. The van der Waals surface area contributed by atoms with E-state index in [1.165, 1.54) is 7.05 Å². The van der Waals surface area contributed by atoms with Crippen molar-refractivity contribution in [1.29, 1.82) is 0 Å². The molecule has 8 heteroatoms. The van der Waals surface area contributed by atoms with Crippen LogP contribution in [-0.2, 0) is 6.54 Å². The molecule has 0 atom stereocenters. The van der Waals surface area contributed by atoms with Gasteiger partial charge in [0.25, 0.3) is 0 Å². The van der Waals surface area contributed by atoms with Crippen molar-refractivity contribution in [3.05, 3.63) is 4.77 Å². The third-order valence-electron chi connectivity index (χ3n) is 1.94. The van der Waals surface area contributed by atoms with Gasteiger partial charge in [0.05, 0.1) is 0 Å². The topological polar surface area (TPSA) is 36.9 Å². The van der Waals surface area contributed by atoms with Crippen LogP contribution in [0.3, 0.4) is 0 Å². The molecule has 0 aliphatic rings. The quantitative estimate of drug-likeness (QED) is 0.838. The molecule has 4 nitrogen and oxygen atoms in total. The summed E-state index contributed by atoms with van der Waals surface area (Å²) in [4.78, 5) is 1.03. The highest BCUT2D eigenvalue weighted by molar-refractivity contribution is 7.71. The minimum Gasteiger partial charge on any atom is -0.335 e. The molecule has 1 aromatic rings. The van der Waals surface area contributed by atoms with Crippen molar-refractivity contribution >= 4 is 18.2 Å². The Morgan fingerprint density at radius 3 is 2.62 bits per heavy atom. The van der Waals surface area contributed by atoms with Gasteiger partial charge >= 0.3 is 6.18 Å². The van der Waals surface area contributed by atoms with Crippen molar-refractivity contribution in [2.24, 2.45) is 0 Å². The Hall–Kier alpha value is -1.05. The number of nitrogens with zero attached hydrogens (tertiary/aromatic N) is 3. The van der Waals surface area contributed by atoms with Crippen LogP contribution in [0.15, 0.2) is 0 Å².